The molecule has 37 heavy (non-hydrogen) atoms. The van der Waals surface area contributed by atoms with Crippen LogP contribution in [-0.2, 0) is 0 Å². The molecule has 0 unspecified atom stereocenters. The molecule has 5 rings (SSSR count). The lowest BCUT2D eigenvalue weighted by Crippen LogP contribution is -2.49. The number of amides is 1. The molecule has 9 heteroatoms. The number of aryl methyl sites for hydroxylation is 2. The number of carbonyl (C=O) groups is 1. The van der Waals surface area contributed by atoms with Gasteiger partial charge < -0.3 is 9.80 Å². The number of non-ortho nitro benzene ring substituents is 1. The van der Waals surface area contributed by atoms with E-state index < -0.39 is 4.92 Å². The van der Waals surface area contributed by atoms with Crippen LogP contribution >= 0.6 is 0 Å². The van der Waals surface area contributed by atoms with Crippen LogP contribution in [0.1, 0.15) is 21.6 Å². The standard InChI is InChI=1S/C28H26FN5O3/c1-19-7-12-25(20(2)17-19)33-27(18-24(30-33)21-8-10-22(11-9-21)34(36)37)28(35)32-15-13-31(14-16-32)26-6-4-3-5-23(26)29/h3-12,17-18H,13-16H2,1-2H3. The fourth-order valence-corrected chi connectivity index (χ4v) is 4.68. The van der Waals surface area contributed by atoms with Crippen molar-refractivity contribution < 1.29 is 14.1 Å². The van der Waals surface area contributed by atoms with E-state index in [-0.39, 0.29) is 17.4 Å². The second-order valence-electron chi connectivity index (χ2n) is 9.15. The van der Waals surface area contributed by atoms with Crippen LogP contribution in [-0.4, -0.2) is 51.7 Å². The van der Waals surface area contributed by atoms with Gasteiger partial charge >= 0.3 is 0 Å². The van der Waals surface area contributed by atoms with E-state index in [9.17, 15) is 19.3 Å². The number of halogens is 1. The number of piperazine rings is 1. The number of carbonyl (C=O) groups excluding carboxylic acids is 1. The molecule has 188 valence electrons. The Kier molecular flexibility index (Phi) is 6.43. The third-order valence-electron chi connectivity index (χ3n) is 6.64. The Morgan fingerprint density at radius 3 is 2.27 bits per heavy atom. The summed E-state index contributed by atoms with van der Waals surface area (Å²) in [5.41, 5.74) is 5.00. The number of hydrogen-bond acceptors (Lipinski definition) is 5. The molecule has 2 heterocycles. The maximum Gasteiger partial charge on any atom is 0.272 e. The van der Waals surface area contributed by atoms with Crippen LogP contribution in [0.25, 0.3) is 16.9 Å². The molecule has 0 spiro atoms. The molecule has 8 nitrogen and oxygen atoms in total. The number of nitro groups is 1. The van der Waals surface area contributed by atoms with Gasteiger partial charge in [-0.1, -0.05) is 29.8 Å². The number of nitro benzene ring substituents is 1. The van der Waals surface area contributed by atoms with Gasteiger partial charge in [-0.2, -0.15) is 5.10 Å². The van der Waals surface area contributed by atoms with Crippen LogP contribution in [0.4, 0.5) is 15.8 Å². The highest BCUT2D eigenvalue weighted by Crippen LogP contribution is 2.27. The van der Waals surface area contributed by atoms with Gasteiger partial charge in [0.15, 0.2) is 0 Å². The zero-order valence-corrected chi connectivity index (χ0v) is 20.6. The van der Waals surface area contributed by atoms with Crippen LogP contribution in [0.5, 0.6) is 0 Å². The fourth-order valence-electron chi connectivity index (χ4n) is 4.68. The Morgan fingerprint density at radius 1 is 0.919 bits per heavy atom. The van der Waals surface area contributed by atoms with Gasteiger partial charge in [0, 0.05) is 43.9 Å². The minimum Gasteiger partial charge on any atom is -0.366 e. The first kappa shape index (κ1) is 24.2. The summed E-state index contributed by atoms with van der Waals surface area (Å²) >= 11 is 0. The largest absolute Gasteiger partial charge is 0.366 e. The Labute approximate surface area is 213 Å². The van der Waals surface area contributed by atoms with Crippen molar-refractivity contribution in [2.24, 2.45) is 0 Å². The highest BCUT2D eigenvalue weighted by molar-refractivity contribution is 5.94. The predicted octanol–water partition coefficient (Wildman–Crippen LogP) is 5.17. The smallest absolute Gasteiger partial charge is 0.272 e. The molecule has 0 bridgehead atoms. The fraction of sp³-hybridized carbons (Fsp3) is 0.214. The lowest BCUT2D eigenvalue weighted by Gasteiger charge is -2.36. The first-order valence-corrected chi connectivity index (χ1v) is 12.0. The van der Waals surface area contributed by atoms with E-state index in [4.69, 9.17) is 5.10 Å². The van der Waals surface area contributed by atoms with Crippen molar-refractivity contribution in [2.75, 3.05) is 31.1 Å². The lowest BCUT2D eigenvalue weighted by molar-refractivity contribution is -0.384. The summed E-state index contributed by atoms with van der Waals surface area (Å²) < 4.78 is 15.9. The second kappa shape index (κ2) is 9.85. The molecular weight excluding hydrogens is 473 g/mol. The summed E-state index contributed by atoms with van der Waals surface area (Å²) in [7, 11) is 0. The average Bonchev–Trinajstić information content (AvgIpc) is 3.34. The maximum atomic E-state index is 14.3. The van der Waals surface area contributed by atoms with Crippen molar-refractivity contribution in [2.45, 2.75) is 13.8 Å². The molecule has 1 aromatic heterocycles. The summed E-state index contributed by atoms with van der Waals surface area (Å²) in [6.07, 6.45) is 0. The quantitative estimate of drug-likeness (QED) is 0.280. The highest BCUT2D eigenvalue weighted by Gasteiger charge is 2.27. The summed E-state index contributed by atoms with van der Waals surface area (Å²) in [5.74, 6) is -0.447. The van der Waals surface area contributed by atoms with E-state index >= 15 is 0 Å². The van der Waals surface area contributed by atoms with E-state index in [0.717, 1.165) is 16.8 Å². The van der Waals surface area contributed by atoms with Crippen molar-refractivity contribution in [3.05, 3.63) is 106 Å². The number of anilines is 1. The van der Waals surface area contributed by atoms with E-state index in [1.165, 1.54) is 18.2 Å². The van der Waals surface area contributed by atoms with Gasteiger partial charge in [0.2, 0.25) is 0 Å². The first-order valence-electron chi connectivity index (χ1n) is 12.0. The van der Waals surface area contributed by atoms with Crippen LogP contribution in [0.2, 0.25) is 0 Å². The molecule has 0 aliphatic carbocycles. The van der Waals surface area contributed by atoms with Crippen molar-refractivity contribution in [3.63, 3.8) is 0 Å². The number of aromatic nitrogens is 2. The normalized spacial score (nSPS) is 13.6. The van der Waals surface area contributed by atoms with Gasteiger partial charge in [0.1, 0.15) is 11.5 Å². The number of nitrogens with zero attached hydrogens (tertiary/aromatic N) is 5. The van der Waals surface area contributed by atoms with Crippen molar-refractivity contribution in [3.8, 4) is 16.9 Å². The van der Waals surface area contributed by atoms with Gasteiger partial charge in [-0.25, -0.2) is 9.07 Å². The van der Waals surface area contributed by atoms with E-state index in [0.29, 0.717) is 48.8 Å². The minimum atomic E-state index is -0.450. The highest BCUT2D eigenvalue weighted by atomic mass is 19.1. The monoisotopic (exact) mass is 499 g/mol. The van der Waals surface area contributed by atoms with E-state index in [2.05, 4.69) is 0 Å². The summed E-state index contributed by atoms with van der Waals surface area (Å²) in [6, 6.07) is 20.4. The number of hydrogen-bond donors (Lipinski definition) is 0. The molecule has 0 radical (unpaired) electrons. The van der Waals surface area contributed by atoms with Gasteiger partial charge in [-0.3, -0.25) is 14.9 Å². The molecule has 1 saturated heterocycles. The Hall–Kier alpha value is -4.53. The predicted molar refractivity (Wildman–Crippen MR) is 140 cm³/mol. The second-order valence-corrected chi connectivity index (χ2v) is 9.15. The summed E-state index contributed by atoms with van der Waals surface area (Å²) in [6.45, 7) is 5.88. The van der Waals surface area contributed by atoms with E-state index in [1.807, 2.05) is 36.9 Å². The van der Waals surface area contributed by atoms with Crippen LogP contribution in [0, 0.1) is 29.8 Å². The van der Waals surface area contributed by atoms with Crippen molar-refractivity contribution >= 4 is 17.3 Å². The molecular formula is C28H26FN5O3. The van der Waals surface area contributed by atoms with Crippen LogP contribution in [0.3, 0.4) is 0 Å². The topological polar surface area (TPSA) is 84.5 Å². The third kappa shape index (κ3) is 4.80. The van der Waals surface area contributed by atoms with Gasteiger partial charge in [-0.15, -0.1) is 0 Å². The number of para-hydroxylation sites is 1. The van der Waals surface area contributed by atoms with Crippen LogP contribution in [0.15, 0.2) is 72.8 Å². The third-order valence-corrected chi connectivity index (χ3v) is 6.64. The van der Waals surface area contributed by atoms with Gasteiger partial charge in [0.25, 0.3) is 11.6 Å². The van der Waals surface area contributed by atoms with Gasteiger partial charge in [-0.05, 0) is 55.8 Å². The van der Waals surface area contributed by atoms with Crippen molar-refractivity contribution in [1.82, 2.24) is 14.7 Å². The summed E-state index contributed by atoms with van der Waals surface area (Å²) in [5, 5.41) is 15.8. The number of rotatable bonds is 5. The SMILES string of the molecule is Cc1ccc(-n2nc(-c3ccc([N+](=O)[O-])cc3)cc2C(=O)N2CCN(c3ccccc3F)CC2)c(C)c1. The zero-order chi connectivity index (χ0) is 26.1. The van der Waals surface area contributed by atoms with Crippen LogP contribution < -0.4 is 4.90 Å². The Balaban J connectivity index is 1.47. The molecule has 0 atom stereocenters. The molecule has 1 amide bonds. The van der Waals surface area contributed by atoms with Crippen molar-refractivity contribution in [1.29, 1.82) is 0 Å². The molecule has 3 aromatic carbocycles. The molecule has 4 aromatic rings. The summed E-state index contributed by atoms with van der Waals surface area (Å²) in [4.78, 5) is 28.1. The minimum absolute atomic E-state index is 0.0124. The molecule has 1 aliphatic heterocycles. The molecule has 1 aliphatic rings. The maximum absolute atomic E-state index is 14.3. The molecule has 0 N–H and O–H groups in total. The zero-order valence-electron chi connectivity index (χ0n) is 20.6. The first-order chi connectivity index (χ1) is 17.8. The molecule has 0 saturated carbocycles. The van der Waals surface area contributed by atoms with Gasteiger partial charge in [0.05, 0.1) is 22.0 Å². The lowest BCUT2D eigenvalue weighted by atomic mass is 10.1. The Bertz CT molecular complexity index is 1470. The number of benzene rings is 3. The average molecular weight is 500 g/mol. The Morgan fingerprint density at radius 2 is 1.62 bits per heavy atom. The molecule has 1 fully saturated rings. The van der Waals surface area contributed by atoms with E-state index in [1.54, 1.807) is 46.0 Å².